The monoisotopic (exact) mass is 415 g/mol. The molecule has 0 fully saturated rings. The molecule has 0 aliphatic rings. The van der Waals surface area contributed by atoms with E-state index < -0.39 is 11.8 Å². The minimum atomic E-state index is -0.475. The third-order valence-electron chi connectivity index (χ3n) is 3.65. The largest absolute Gasteiger partial charge is 0.325 e. The highest BCUT2D eigenvalue weighted by molar-refractivity contribution is 9.10. The van der Waals surface area contributed by atoms with Gasteiger partial charge in [0.2, 0.25) is 11.8 Å². The lowest BCUT2D eigenvalue weighted by atomic mass is 9.87. The summed E-state index contributed by atoms with van der Waals surface area (Å²) in [6.07, 6.45) is 1.25. The molecule has 0 unspecified atom stereocenters. The summed E-state index contributed by atoms with van der Waals surface area (Å²) in [5.41, 5.74) is 5.17. The smallest absolute Gasteiger partial charge is 0.249 e. The van der Waals surface area contributed by atoms with Crippen molar-refractivity contribution in [3.63, 3.8) is 0 Å². The van der Waals surface area contributed by atoms with E-state index in [0.717, 1.165) is 10.0 Å². The lowest BCUT2D eigenvalue weighted by molar-refractivity contribution is -0.126. The molecule has 2 aromatic rings. The van der Waals surface area contributed by atoms with Gasteiger partial charge >= 0.3 is 0 Å². The average Bonchev–Trinajstić information content (AvgIpc) is 2.56. The van der Waals surface area contributed by atoms with E-state index in [1.54, 1.807) is 18.3 Å². The predicted molar refractivity (Wildman–Crippen MR) is 108 cm³/mol. The second-order valence-electron chi connectivity index (χ2n) is 6.87. The number of halogens is 1. The molecular weight excluding hydrogens is 394 g/mol. The molecular formula is C20H22BrN3O2. The summed E-state index contributed by atoms with van der Waals surface area (Å²) >= 11 is 3.34. The zero-order chi connectivity index (χ0) is 19.2. The van der Waals surface area contributed by atoms with Gasteiger partial charge in [-0.05, 0) is 44.6 Å². The van der Waals surface area contributed by atoms with Gasteiger partial charge in [-0.3, -0.25) is 9.59 Å². The first kappa shape index (κ1) is 19.8. The Bertz CT molecular complexity index is 809. The van der Waals surface area contributed by atoms with E-state index in [1.165, 1.54) is 5.56 Å². The molecule has 5 nitrogen and oxygen atoms in total. The Labute approximate surface area is 162 Å². The predicted octanol–water partition coefficient (Wildman–Crippen LogP) is 4.23. The number of nitrogens with one attached hydrogen (secondary N) is 2. The van der Waals surface area contributed by atoms with Gasteiger partial charge in [0.15, 0.2) is 0 Å². The second-order valence-corrected chi connectivity index (χ2v) is 7.72. The first-order chi connectivity index (χ1) is 12.3. The Morgan fingerprint density at radius 2 is 1.69 bits per heavy atom. The summed E-state index contributed by atoms with van der Waals surface area (Å²) in [7, 11) is 0. The first-order valence-corrected chi connectivity index (χ1v) is 9.02. The number of rotatable bonds is 5. The second kappa shape index (κ2) is 8.76. The van der Waals surface area contributed by atoms with E-state index in [0.29, 0.717) is 5.69 Å². The summed E-state index contributed by atoms with van der Waals surface area (Å²) in [6, 6.07) is 15.2. The third kappa shape index (κ3) is 6.11. The van der Waals surface area contributed by atoms with E-state index in [4.69, 9.17) is 0 Å². The number of anilines is 1. The van der Waals surface area contributed by atoms with Gasteiger partial charge < -0.3 is 5.32 Å². The van der Waals surface area contributed by atoms with Crippen molar-refractivity contribution in [3.8, 4) is 0 Å². The molecule has 0 aliphatic heterocycles. The summed E-state index contributed by atoms with van der Waals surface area (Å²) in [5, 5.41) is 6.57. The van der Waals surface area contributed by atoms with Crippen LogP contribution in [0.1, 0.15) is 38.3 Å². The Balaban J connectivity index is 1.83. The van der Waals surface area contributed by atoms with Crippen LogP contribution in [0, 0.1) is 0 Å². The van der Waals surface area contributed by atoms with E-state index in [9.17, 15) is 9.59 Å². The van der Waals surface area contributed by atoms with Crippen molar-refractivity contribution < 1.29 is 9.59 Å². The molecule has 2 aromatic carbocycles. The van der Waals surface area contributed by atoms with Crippen LogP contribution in [0.3, 0.4) is 0 Å². The zero-order valence-corrected chi connectivity index (χ0v) is 16.6. The highest BCUT2D eigenvalue weighted by Crippen LogP contribution is 2.22. The van der Waals surface area contributed by atoms with Gasteiger partial charge in [-0.25, -0.2) is 5.43 Å². The van der Waals surface area contributed by atoms with E-state index in [-0.39, 0.29) is 11.8 Å². The van der Waals surface area contributed by atoms with Gasteiger partial charge in [0.05, 0.1) is 11.9 Å². The van der Waals surface area contributed by atoms with Crippen LogP contribution in [0.2, 0.25) is 0 Å². The van der Waals surface area contributed by atoms with E-state index in [2.05, 4.69) is 52.5 Å². The highest BCUT2D eigenvalue weighted by atomic mass is 79.9. The van der Waals surface area contributed by atoms with Crippen LogP contribution in [0.4, 0.5) is 5.69 Å². The molecule has 2 N–H and O–H groups in total. The fourth-order valence-electron chi connectivity index (χ4n) is 2.19. The van der Waals surface area contributed by atoms with Crippen LogP contribution in [0.25, 0.3) is 0 Å². The number of benzene rings is 2. The van der Waals surface area contributed by atoms with Crippen molar-refractivity contribution in [2.75, 3.05) is 5.32 Å². The highest BCUT2D eigenvalue weighted by Gasteiger charge is 2.12. The van der Waals surface area contributed by atoms with E-state index >= 15 is 0 Å². The molecule has 0 saturated carbocycles. The molecule has 0 radical (unpaired) electrons. The van der Waals surface area contributed by atoms with Gasteiger partial charge in [-0.15, -0.1) is 0 Å². The van der Waals surface area contributed by atoms with Gasteiger partial charge in [-0.2, -0.15) is 5.10 Å². The Kier molecular flexibility index (Phi) is 6.69. The summed E-state index contributed by atoms with van der Waals surface area (Å²) in [6.45, 7) is 6.44. The van der Waals surface area contributed by atoms with Crippen molar-refractivity contribution in [2.45, 2.75) is 32.6 Å². The maximum Gasteiger partial charge on any atom is 0.249 e. The number of nitrogens with zero attached hydrogens (tertiary/aromatic N) is 1. The Morgan fingerprint density at radius 1 is 1.04 bits per heavy atom. The van der Waals surface area contributed by atoms with Gasteiger partial charge in [0, 0.05) is 4.47 Å². The van der Waals surface area contributed by atoms with Crippen molar-refractivity contribution in [2.24, 2.45) is 5.10 Å². The van der Waals surface area contributed by atoms with Crippen LogP contribution in [0.5, 0.6) is 0 Å². The quantitative estimate of drug-likeness (QED) is 0.435. The van der Waals surface area contributed by atoms with Crippen LogP contribution >= 0.6 is 15.9 Å². The molecule has 0 atom stereocenters. The fourth-order valence-corrected chi connectivity index (χ4v) is 2.57. The zero-order valence-electron chi connectivity index (χ0n) is 15.0. The van der Waals surface area contributed by atoms with Gasteiger partial charge in [-0.1, -0.05) is 57.2 Å². The van der Waals surface area contributed by atoms with Crippen LogP contribution in [0.15, 0.2) is 58.1 Å². The first-order valence-electron chi connectivity index (χ1n) is 8.22. The number of carbonyl (C=O) groups is 2. The molecule has 2 rings (SSSR count). The fraction of sp³-hybridized carbons (Fsp3) is 0.250. The number of carbonyl (C=O) groups excluding carboxylic acids is 2. The molecule has 0 aliphatic carbocycles. The average molecular weight is 416 g/mol. The molecule has 0 heterocycles. The van der Waals surface area contributed by atoms with Crippen molar-refractivity contribution in [3.05, 3.63) is 64.1 Å². The number of hydrogen-bond donors (Lipinski definition) is 2. The Morgan fingerprint density at radius 3 is 2.31 bits per heavy atom. The molecule has 0 spiro atoms. The number of hydrogen-bond acceptors (Lipinski definition) is 3. The lowest BCUT2D eigenvalue weighted by Crippen LogP contribution is -2.24. The van der Waals surface area contributed by atoms with Gasteiger partial charge in [0.1, 0.15) is 6.42 Å². The van der Waals surface area contributed by atoms with Crippen molar-refractivity contribution in [1.29, 1.82) is 0 Å². The van der Waals surface area contributed by atoms with Crippen molar-refractivity contribution >= 4 is 39.6 Å². The molecule has 0 aromatic heterocycles. The summed E-state index contributed by atoms with van der Waals surface area (Å²) in [5.74, 6) is -0.878. The van der Waals surface area contributed by atoms with Crippen molar-refractivity contribution in [1.82, 2.24) is 5.43 Å². The molecule has 0 saturated heterocycles. The normalized spacial score (nSPS) is 11.4. The minimum absolute atomic E-state index is 0.0883. The number of amides is 2. The number of hydrazone groups is 1. The number of para-hydroxylation sites is 1. The molecule has 6 heteroatoms. The van der Waals surface area contributed by atoms with E-state index in [1.807, 2.05) is 36.4 Å². The molecule has 136 valence electrons. The van der Waals surface area contributed by atoms with Crippen LogP contribution < -0.4 is 10.7 Å². The third-order valence-corrected chi connectivity index (χ3v) is 4.34. The lowest BCUT2D eigenvalue weighted by Gasteiger charge is -2.18. The molecule has 26 heavy (non-hydrogen) atoms. The van der Waals surface area contributed by atoms with Gasteiger partial charge in [0.25, 0.3) is 0 Å². The minimum Gasteiger partial charge on any atom is -0.325 e. The Hall–Kier alpha value is -2.47. The van der Waals surface area contributed by atoms with Crippen LogP contribution in [-0.2, 0) is 15.0 Å². The summed E-state index contributed by atoms with van der Waals surface area (Å²) in [4.78, 5) is 23.7. The maximum atomic E-state index is 11.9. The molecule has 0 bridgehead atoms. The topological polar surface area (TPSA) is 70.6 Å². The van der Waals surface area contributed by atoms with Crippen LogP contribution in [-0.4, -0.2) is 18.0 Å². The standard InChI is InChI=1S/C20H22BrN3O2/c1-20(2,3)15-10-8-14(9-11-15)13-22-24-19(26)12-18(25)23-17-7-5-4-6-16(17)21/h4-11,13H,12H2,1-3H3,(H,23,25)(H,24,26). The SMILES string of the molecule is CC(C)(C)c1ccc(C=NNC(=O)CC(=O)Nc2ccccc2Br)cc1. The summed E-state index contributed by atoms with van der Waals surface area (Å²) < 4.78 is 0.755. The molecule has 2 amide bonds. The maximum absolute atomic E-state index is 11.9.